The van der Waals surface area contributed by atoms with Crippen LogP contribution in [0.3, 0.4) is 0 Å². The Kier molecular flexibility index (Phi) is 5.90. The maximum Gasteiger partial charge on any atom is 0.267 e. The number of amides is 2. The maximum absolute atomic E-state index is 12.9. The van der Waals surface area contributed by atoms with Gasteiger partial charge in [-0.15, -0.1) is 0 Å². The van der Waals surface area contributed by atoms with Crippen LogP contribution in [-0.2, 0) is 19.5 Å². The molecule has 172 valence electrons. The summed E-state index contributed by atoms with van der Waals surface area (Å²) in [5, 5.41) is 6.95. The zero-order valence-corrected chi connectivity index (χ0v) is 19.4. The number of hydrogen-bond acceptors (Lipinski definition) is 3. The molecule has 1 aliphatic rings. The Balaban J connectivity index is 1.23. The van der Waals surface area contributed by atoms with Crippen LogP contribution in [-0.4, -0.2) is 35.3 Å². The first-order valence-electron chi connectivity index (χ1n) is 11.5. The minimum Gasteiger partial charge on any atom is -0.351 e. The standard InChI is InChI=1S/C28H28N4O2/c1-18-6-7-21-15-26(31-25(21)12-18)28(34)29-16-19-4-3-5-22(13-19)27(33)30-24-9-8-20-10-11-32(2)17-23(20)14-24/h3-9,12-15,31H,10-11,16-17H2,1-2H3,(H,29,34)(H,30,33). The summed E-state index contributed by atoms with van der Waals surface area (Å²) >= 11 is 0. The molecule has 0 atom stereocenters. The number of H-pyrrole nitrogens is 1. The van der Waals surface area contributed by atoms with Crippen molar-refractivity contribution in [2.24, 2.45) is 0 Å². The second kappa shape index (κ2) is 9.15. The molecule has 0 saturated heterocycles. The molecule has 0 spiro atoms. The summed E-state index contributed by atoms with van der Waals surface area (Å²) < 4.78 is 0. The van der Waals surface area contributed by atoms with E-state index in [2.05, 4.69) is 39.7 Å². The van der Waals surface area contributed by atoms with Crippen molar-refractivity contribution < 1.29 is 9.59 Å². The molecule has 0 unspecified atom stereocenters. The SMILES string of the molecule is Cc1ccc2cc(C(=O)NCc3cccc(C(=O)Nc4ccc5c(c4)CN(C)CC5)c3)[nH]c2c1. The molecule has 0 bridgehead atoms. The van der Waals surface area contributed by atoms with Gasteiger partial charge in [-0.3, -0.25) is 9.59 Å². The van der Waals surface area contributed by atoms with Crippen molar-refractivity contribution >= 4 is 28.4 Å². The lowest BCUT2D eigenvalue weighted by Gasteiger charge is -2.25. The summed E-state index contributed by atoms with van der Waals surface area (Å²) in [5.41, 5.74) is 7.42. The normalized spacial score (nSPS) is 13.5. The van der Waals surface area contributed by atoms with Gasteiger partial charge in [0.2, 0.25) is 0 Å². The van der Waals surface area contributed by atoms with E-state index in [1.54, 1.807) is 6.07 Å². The average molecular weight is 453 g/mol. The quantitative estimate of drug-likeness (QED) is 0.413. The van der Waals surface area contributed by atoms with Gasteiger partial charge in [-0.05, 0) is 79.0 Å². The third-order valence-electron chi connectivity index (χ3n) is 6.33. The highest BCUT2D eigenvalue weighted by atomic mass is 16.2. The molecular weight excluding hydrogens is 424 g/mol. The van der Waals surface area contributed by atoms with Gasteiger partial charge in [0.25, 0.3) is 11.8 Å². The Morgan fingerprint density at radius 3 is 2.74 bits per heavy atom. The molecule has 5 rings (SSSR count). The van der Waals surface area contributed by atoms with Crippen LogP contribution in [0.2, 0.25) is 0 Å². The van der Waals surface area contributed by atoms with Crippen molar-refractivity contribution in [3.8, 4) is 0 Å². The number of aromatic amines is 1. The van der Waals surface area contributed by atoms with Gasteiger partial charge in [0.05, 0.1) is 0 Å². The zero-order chi connectivity index (χ0) is 23.7. The van der Waals surface area contributed by atoms with E-state index >= 15 is 0 Å². The highest BCUT2D eigenvalue weighted by Gasteiger charge is 2.15. The summed E-state index contributed by atoms with van der Waals surface area (Å²) in [4.78, 5) is 31.0. The molecule has 6 heteroatoms. The number of nitrogens with one attached hydrogen (secondary N) is 3. The van der Waals surface area contributed by atoms with E-state index in [1.165, 1.54) is 11.1 Å². The van der Waals surface area contributed by atoms with E-state index in [4.69, 9.17) is 0 Å². The first kappa shape index (κ1) is 21.9. The Morgan fingerprint density at radius 1 is 0.971 bits per heavy atom. The van der Waals surface area contributed by atoms with Gasteiger partial charge in [-0.2, -0.15) is 0 Å². The van der Waals surface area contributed by atoms with E-state index in [1.807, 2.05) is 55.5 Å². The summed E-state index contributed by atoms with van der Waals surface area (Å²) in [5.74, 6) is -0.342. The van der Waals surface area contributed by atoms with Crippen LogP contribution in [0.15, 0.2) is 66.7 Å². The average Bonchev–Trinajstić information content (AvgIpc) is 3.26. The number of hydrogen-bond donors (Lipinski definition) is 3. The molecular formula is C28H28N4O2. The van der Waals surface area contributed by atoms with Crippen LogP contribution in [0.25, 0.3) is 10.9 Å². The van der Waals surface area contributed by atoms with Crippen LogP contribution in [0.4, 0.5) is 5.69 Å². The van der Waals surface area contributed by atoms with Crippen molar-refractivity contribution in [3.63, 3.8) is 0 Å². The third-order valence-corrected chi connectivity index (χ3v) is 6.33. The number of aryl methyl sites for hydroxylation is 1. The molecule has 1 aromatic heterocycles. The number of carbonyl (C=O) groups is 2. The van der Waals surface area contributed by atoms with Crippen LogP contribution in [0.5, 0.6) is 0 Å². The lowest BCUT2D eigenvalue weighted by molar-refractivity contribution is 0.0946. The number of likely N-dealkylation sites (N-methyl/N-ethyl adjacent to an activating group) is 1. The topological polar surface area (TPSA) is 77.2 Å². The first-order chi connectivity index (χ1) is 16.4. The molecule has 0 fully saturated rings. The largest absolute Gasteiger partial charge is 0.351 e. The number of nitrogens with zero attached hydrogens (tertiary/aromatic N) is 1. The van der Waals surface area contributed by atoms with E-state index < -0.39 is 0 Å². The Labute approximate surface area is 199 Å². The summed E-state index contributed by atoms with van der Waals surface area (Å²) in [6, 6.07) is 21.4. The molecule has 4 aromatic rings. The fraction of sp³-hybridized carbons (Fsp3) is 0.214. The molecule has 2 amide bonds. The van der Waals surface area contributed by atoms with Gasteiger partial charge in [-0.25, -0.2) is 0 Å². The van der Waals surface area contributed by atoms with E-state index in [0.29, 0.717) is 17.8 Å². The summed E-state index contributed by atoms with van der Waals surface area (Å²) in [6.45, 7) is 4.30. The Bertz CT molecular complexity index is 1390. The minimum absolute atomic E-state index is 0.164. The van der Waals surface area contributed by atoms with Gasteiger partial charge in [-0.1, -0.05) is 30.3 Å². The number of fused-ring (bicyclic) bond motifs is 2. The molecule has 3 N–H and O–H groups in total. The molecule has 0 aliphatic carbocycles. The lowest BCUT2D eigenvalue weighted by atomic mass is 9.99. The van der Waals surface area contributed by atoms with Gasteiger partial charge in [0, 0.05) is 41.8 Å². The summed E-state index contributed by atoms with van der Waals surface area (Å²) in [6.07, 6.45) is 1.03. The molecule has 3 aromatic carbocycles. The highest BCUT2D eigenvalue weighted by molar-refractivity contribution is 6.04. The molecule has 6 nitrogen and oxygen atoms in total. The molecule has 0 saturated carbocycles. The Hall–Kier alpha value is -3.90. The van der Waals surface area contributed by atoms with Crippen LogP contribution in [0, 0.1) is 6.92 Å². The Morgan fingerprint density at radius 2 is 1.85 bits per heavy atom. The first-order valence-corrected chi connectivity index (χ1v) is 11.5. The molecule has 0 radical (unpaired) electrons. The monoisotopic (exact) mass is 452 g/mol. The minimum atomic E-state index is -0.178. The van der Waals surface area contributed by atoms with E-state index in [0.717, 1.165) is 47.2 Å². The van der Waals surface area contributed by atoms with Crippen molar-refractivity contribution in [1.82, 2.24) is 15.2 Å². The molecule has 2 heterocycles. The number of aromatic nitrogens is 1. The third kappa shape index (κ3) is 4.72. The van der Waals surface area contributed by atoms with Gasteiger partial charge < -0.3 is 20.5 Å². The van der Waals surface area contributed by atoms with Crippen LogP contribution >= 0.6 is 0 Å². The fourth-order valence-electron chi connectivity index (χ4n) is 4.44. The van der Waals surface area contributed by atoms with Gasteiger partial charge in [0.15, 0.2) is 0 Å². The van der Waals surface area contributed by atoms with Gasteiger partial charge >= 0.3 is 0 Å². The smallest absolute Gasteiger partial charge is 0.267 e. The lowest BCUT2D eigenvalue weighted by Crippen LogP contribution is -2.26. The van der Waals surface area contributed by atoms with Crippen molar-refractivity contribution in [3.05, 3.63) is 100 Å². The number of rotatable bonds is 5. The number of carbonyl (C=O) groups excluding carboxylic acids is 2. The summed E-state index contributed by atoms with van der Waals surface area (Å²) in [7, 11) is 2.11. The number of anilines is 1. The number of benzene rings is 3. The second-order valence-electron chi connectivity index (χ2n) is 9.08. The van der Waals surface area contributed by atoms with Gasteiger partial charge in [0.1, 0.15) is 5.69 Å². The van der Waals surface area contributed by atoms with E-state index in [-0.39, 0.29) is 11.8 Å². The van der Waals surface area contributed by atoms with E-state index in [9.17, 15) is 9.59 Å². The van der Waals surface area contributed by atoms with Crippen LogP contribution < -0.4 is 10.6 Å². The van der Waals surface area contributed by atoms with Crippen molar-refractivity contribution in [2.45, 2.75) is 26.4 Å². The van der Waals surface area contributed by atoms with Crippen molar-refractivity contribution in [2.75, 3.05) is 18.9 Å². The molecule has 34 heavy (non-hydrogen) atoms. The fourth-order valence-corrected chi connectivity index (χ4v) is 4.44. The zero-order valence-electron chi connectivity index (χ0n) is 19.4. The van der Waals surface area contributed by atoms with Crippen molar-refractivity contribution in [1.29, 1.82) is 0 Å². The predicted molar refractivity (Wildman–Crippen MR) is 135 cm³/mol. The second-order valence-corrected chi connectivity index (χ2v) is 9.08. The predicted octanol–water partition coefficient (Wildman–Crippen LogP) is 4.65. The molecule has 1 aliphatic heterocycles. The maximum atomic E-state index is 12.9. The van der Waals surface area contributed by atoms with Crippen LogP contribution in [0.1, 0.15) is 43.1 Å². The highest BCUT2D eigenvalue weighted by Crippen LogP contribution is 2.22.